The number of nitro benzene ring substituents is 1. The fourth-order valence-electron chi connectivity index (χ4n) is 2.32. The van der Waals surface area contributed by atoms with Gasteiger partial charge in [-0.15, -0.1) is 0 Å². The zero-order chi connectivity index (χ0) is 19.5. The Morgan fingerprint density at radius 3 is 2.38 bits per heavy atom. The fourth-order valence-corrected chi connectivity index (χ4v) is 3.36. The molecule has 1 N–H and O–H groups in total. The summed E-state index contributed by atoms with van der Waals surface area (Å²) in [5.41, 5.74) is 0.452. The lowest BCUT2D eigenvalue weighted by atomic mass is 10.1. The SMILES string of the molecule is Cc1c(N(CC(=O)Nc2ccc(Cl)cc2)S(C)(=O)=O)cccc1[N+](=O)[O-]. The van der Waals surface area contributed by atoms with Gasteiger partial charge in [-0.3, -0.25) is 19.2 Å². The van der Waals surface area contributed by atoms with Gasteiger partial charge in [0, 0.05) is 16.8 Å². The number of amides is 1. The molecule has 0 radical (unpaired) electrons. The van der Waals surface area contributed by atoms with Crippen molar-refractivity contribution in [3.05, 3.63) is 63.2 Å². The van der Waals surface area contributed by atoms with E-state index in [1.807, 2.05) is 0 Å². The first kappa shape index (κ1) is 19.7. The molecular weight excluding hydrogens is 382 g/mol. The number of anilines is 2. The first-order valence-electron chi connectivity index (χ1n) is 7.36. The molecule has 0 bridgehead atoms. The largest absolute Gasteiger partial charge is 0.325 e. The van der Waals surface area contributed by atoms with E-state index in [2.05, 4.69) is 5.32 Å². The van der Waals surface area contributed by atoms with Crippen molar-refractivity contribution in [2.24, 2.45) is 0 Å². The molecule has 0 saturated heterocycles. The monoisotopic (exact) mass is 397 g/mol. The van der Waals surface area contributed by atoms with E-state index in [9.17, 15) is 23.3 Å². The van der Waals surface area contributed by atoms with Gasteiger partial charge in [0.15, 0.2) is 0 Å². The van der Waals surface area contributed by atoms with E-state index < -0.39 is 27.4 Å². The van der Waals surface area contributed by atoms with Crippen LogP contribution in [0, 0.1) is 17.0 Å². The van der Waals surface area contributed by atoms with Crippen LogP contribution in [0.15, 0.2) is 42.5 Å². The van der Waals surface area contributed by atoms with Gasteiger partial charge in [-0.05, 0) is 37.3 Å². The normalized spacial score (nSPS) is 11.0. The maximum Gasteiger partial charge on any atom is 0.274 e. The molecule has 0 heterocycles. The van der Waals surface area contributed by atoms with Crippen LogP contribution in [0.1, 0.15) is 5.56 Å². The minimum atomic E-state index is -3.85. The lowest BCUT2D eigenvalue weighted by Crippen LogP contribution is -2.37. The molecule has 0 aliphatic rings. The Morgan fingerprint density at radius 2 is 1.85 bits per heavy atom. The number of sulfonamides is 1. The standard InChI is InChI=1S/C16H16ClN3O5S/c1-11-14(4-3-5-15(11)20(22)23)19(26(2,24)25)10-16(21)18-13-8-6-12(17)7-9-13/h3-9H,10H2,1-2H3,(H,18,21). The summed E-state index contributed by atoms with van der Waals surface area (Å²) in [6, 6.07) is 10.4. The van der Waals surface area contributed by atoms with Crippen molar-refractivity contribution in [1.82, 2.24) is 0 Å². The second-order valence-electron chi connectivity index (χ2n) is 5.50. The molecule has 0 spiro atoms. The molecule has 0 saturated carbocycles. The van der Waals surface area contributed by atoms with Gasteiger partial charge in [0.05, 0.1) is 22.4 Å². The van der Waals surface area contributed by atoms with Crippen LogP contribution >= 0.6 is 11.6 Å². The van der Waals surface area contributed by atoms with Crippen molar-refractivity contribution in [3.63, 3.8) is 0 Å². The van der Waals surface area contributed by atoms with E-state index in [0.717, 1.165) is 10.6 Å². The number of carbonyl (C=O) groups excluding carboxylic acids is 1. The molecule has 1 amide bonds. The summed E-state index contributed by atoms with van der Waals surface area (Å²) >= 11 is 5.77. The molecule has 2 aromatic carbocycles. The van der Waals surface area contributed by atoms with Crippen LogP contribution in [-0.4, -0.2) is 32.0 Å². The second kappa shape index (κ2) is 7.71. The number of hydrogen-bond acceptors (Lipinski definition) is 5. The quantitative estimate of drug-likeness (QED) is 0.595. The van der Waals surface area contributed by atoms with Crippen molar-refractivity contribution < 1.29 is 18.1 Å². The average Bonchev–Trinajstić information content (AvgIpc) is 2.54. The maximum atomic E-state index is 12.3. The molecule has 0 fully saturated rings. The van der Waals surface area contributed by atoms with Gasteiger partial charge in [-0.25, -0.2) is 8.42 Å². The molecule has 10 heteroatoms. The van der Waals surface area contributed by atoms with Crippen molar-refractivity contribution >= 4 is 44.6 Å². The maximum absolute atomic E-state index is 12.3. The van der Waals surface area contributed by atoms with Gasteiger partial charge in [-0.1, -0.05) is 17.7 Å². The summed E-state index contributed by atoms with van der Waals surface area (Å²) < 4.78 is 25.1. The highest BCUT2D eigenvalue weighted by atomic mass is 35.5. The van der Waals surface area contributed by atoms with Gasteiger partial charge in [-0.2, -0.15) is 0 Å². The lowest BCUT2D eigenvalue weighted by Gasteiger charge is -2.23. The molecule has 26 heavy (non-hydrogen) atoms. The number of halogens is 1. The van der Waals surface area contributed by atoms with Crippen LogP contribution in [0.4, 0.5) is 17.1 Å². The fraction of sp³-hybridized carbons (Fsp3) is 0.188. The van der Waals surface area contributed by atoms with Crippen molar-refractivity contribution in [3.8, 4) is 0 Å². The molecule has 2 rings (SSSR count). The van der Waals surface area contributed by atoms with Gasteiger partial charge in [0.1, 0.15) is 6.54 Å². The van der Waals surface area contributed by atoms with E-state index >= 15 is 0 Å². The van der Waals surface area contributed by atoms with E-state index in [0.29, 0.717) is 10.7 Å². The van der Waals surface area contributed by atoms with Crippen molar-refractivity contribution in [2.45, 2.75) is 6.92 Å². The highest BCUT2D eigenvalue weighted by Crippen LogP contribution is 2.29. The summed E-state index contributed by atoms with van der Waals surface area (Å²) in [5, 5.41) is 14.1. The van der Waals surface area contributed by atoms with E-state index in [1.165, 1.54) is 25.1 Å². The molecule has 0 unspecified atom stereocenters. The molecule has 8 nitrogen and oxygen atoms in total. The Morgan fingerprint density at radius 1 is 1.23 bits per heavy atom. The van der Waals surface area contributed by atoms with E-state index in [1.54, 1.807) is 24.3 Å². The molecule has 0 aromatic heterocycles. The zero-order valence-corrected chi connectivity index (χ0v) is 15.5. The van der Waals surface area contributed by atoms with Crippen LogP contribution in [0.2, 0.25) is 5.02 Å². The first-order chi connectivity index (χ1) is 12.1. The molecule has 0 aliphatic heterocycles. The van der Waals surface area contributed by atoms with Crippen LogP contribution in [-0.2, 0) is 14.8 Å². The van der Waals surface area contributed by atoms with Gasteiger partial charge < -0.3 is 5.32 Å². The smallest absolute Gasteiger partial charge is 0.274 e. The summed E-state index contributed by atoms with van der Waals surface area (Å²) in [6.07, 6.45) is 0.931. The van der Waals surface area contributed by atoms with Crippen LogP contribution in [0.3, 0.4) is 0 Å². The third kappa shape index (κ3) is 4.70. The molecule has 0 aliphatic carbocycles. The molecule has 138 valence electrons. The first-order valence-corrected chi connectivity index (χ1v) is 9.59. The zero-order valence-electron chi connectivity index (χ0n) is 14.0. The number of hydrogen-bond donors (Lipinski definition) is 1. The van der Waals surface area contributed by atoms with Gasteiger partial charge in [0.2, 0.25) is 15.9 Å². The number of benzene rings is 2. The predicted molar refractivity (Wildman–Crippen MR) is 100 cm³/mol. The highest BCUT2D eigenvalue weighted by molar-refractivity contribution is 7.92. The molecule has 0 atom stereocenters. The van der Waals surface area contributed by atoms with E-state index in [-0.39, 0.29) is 16.9 Å². The summed E-state index contributed by atoms with van der Waals surface area (Å²) in [4.78, 5) is 22.8. The number of nitrogens with one attached hydrogen (secondary N) is 1. The average molecular weight is 398 g/mol. The highest BCUT2D eigenvalue weighted by Gasteiger charge is 2.25. The van der Waals surface area contributed by atoms with Crippen molar-refractivity contribution in [1.29, 1.82) is 0 Å². The minimum Gasteiger partial charge on any atom is -0.325 e. The summed E-state index contributed by atoms with van der Waals surface area (Å²) in [6.45, 7) is 0.909. The molecular formula is C16H16ClN3O5S. The minimum absolute atomic E-state index is 0.0768. The Balaban J connectivity index is 2.32. The Bertz CT molecular complexity index is 945. The van der Waals surface area contributed by atoms with Crippen LogP contribution in [0.5, 0.6) is 0 Å². The third-order valence-corrected chi connectivity index (χ3v) is 4.94. The summed E-state index contributed by atoms with van der Waals surface area (Å²) in [5.74, 6) is -0.594. The number of rotatable bonds is 6. The third-order valence-electron chi connectivity index (χ3n) is 3.56. The van der Waals surface area contributed by atoms with Crippen LogP contribution < -0.4 is 9.62 Å². The van der Waals surface area contributed by atoms with Crippen LogP contribution in [0.25, 0.3) is 0 Å². The number of nitro groups is 1. The lowest BCUT2D eigenvalue weighted by molar-refractivity contribution is -0.385. The number of nitrogens with zero attached hydrogens (tertiary/aromatic N) is 2. The van der Waals surface area contributed by atoms with Crippen molar-refractivity contribution in [2.75, 3.05) is 22.4 Å². The Hall–Kier alpha value is -2.65. The van der Waals surface area contributed by atoms with Gasteiger partial charge >= 0.3 is 0 Å². The van der Waals surface area contributed by atoms with Gasteiger partial charge in [0.25, 0.3) is 5.69 Å². The Kier molecular flexibility index (Phi) is 5.83. The molecule has 2 aromatic rings. The topological polar surface area (TPSA) is 110 Å². The second-order valence-corrected chi connectivity index (χ2v) is 7.85. The van der Waals surface area contributed by atoms with E-state index in [4.69, 9.17) is 11.6 Å². The summed E-state index contributed by atoms with van der Waals surface area (Å²) in [7, 11) is -3.85. The number of carbonyl (C=O) groups is 1. The Labute approximate surface area is 155 Å². The predicted octanol–water partition coefficient (Wildman–Crippen LogP) is 2.96.